The lowest BCUT2D eigenvalue weighted by Crippen LogP contribution is -2.55. The van der Waals surface area contributed by atoms with E-state index in [9.17, 15) is 0 Å². The smallest absolute Gasteiger partial charge is 0.0252 e. The molecule has 0 aromatic carbocycles. The molecule has 0 radical (unpaired) electrons. The van der Waals surface area contributed by atoms with E-state index in [1.807, 2.05) is 0 Å². The summed E-state index contributed by atoms with van der Waals surface area (Å²) in [7, 11) is 0. The first-order valence-corrected chi connectivity index (χ1v) is 8.50. The standard InChI is InChI=1S/C17H32N2/c1-16(2)8-5-14(18)15(13-16)19-11-9-17(10-12-19)6-3-4-7-17/h14-15H,3-13,18H2,1-2H3. The molecule has 19 heavy (non-hydrogen) atoms. The molecule has 2 aliphatic carbocycles. The molecule has 1 spiro atoms. The largest absolute Gasteiger partial charge is 0.326 e. The molecule has 3 aliphatic rings. The highest BCUT2D eigenvalue weighted by Crippen LogP contribution is 2.47. The molecule has 2 saturated carbocycles. The topological polar surface area (TPSA) is 29.3 Å². The summed E-state index contributed by atoms with van der Waals surface area (Å²) in [5.74, 6) is 0. The second-order valence-electron chi connectivity index (χ2n) is 8.38. The fraction of sp³-hybridized carbons (Fsp3) is 1.00. The molecule has 2 nitrogen and oxygen atoms in total. The van der Waals surface area contributed by atoms with Gasteiger partial charge in [-0.3, -0.25) is 4.90 Å². The summed E-state index contributed by atoms with van der Waals surface area (Å²) in [4.78, 5) is 2.75. The number of likely N-dealkylation sites (tertiary alicyclic amines) is 1. The van der Waals surface area contributed by atoms with Gasteiger partial charge in [-0.25, -0.2) is 0 Å². The SMILES string of the molecule is CC1(C)CCC(N)C(N2CCC3(CCCC3)CC2)C1. The Morgan fingerprint density at radius 3 is 2.21 bits per heavy atom. The van der Waals surface area contributed by atoms with Crippen LogP contribution in [-0.2, 0) is 0 Å². The van der Waals surface area contributed by atoms with Crippen molar-refractivity contribution in [2.75, 3.05) is 13.1 Å². The predicted molar refractivity (Wildman–Crippen MR) is 81.1 cm³/mol. The summed E-state index contributed by atoms with van der Waals surface area (Å²) in [6.45, 7) is 7.48. The van der Waals surface area contributed by atoms with Crippen molar-refractivity contribution in [3.8, 4) is 0 Å². The lowest BCUT2D eigenvalue weighted by molar-refractivity contribution is 0.0261. The summed E-state index contributed by atoms with van der Waals surface area (Å²) in [5, 5.41) is 0. The first kappa shape index (κ1) is 13.9. The fourth-order valence-corrected chi connectivity index (χ4v) is 4.92. The van der Waals surface area contributed by atoms with E-state index in [1.54, 1.807) is 0 Å². The quantitative estimate of drug-likeness (QED) is 0.785. The van der Waals surface area contributed by atoms with Gasteiger partial charge in [0.1, 0.15) is 0 Å². The monoisotopic (exact) mass is 264 g/mol. The van der Waals surface area contributed by atoms with E-state index in [2.05, 4.69) is 18.7 Å². The number of hydrogen-bond acceptors (Lipinski definition) is 2. The highest BCUT2D eigenvalue weighted by atomic mass is 15.2. The van der Waals surface area contributed by atoms with Crippen molar-refractivity contribution < 1.29 is 0 Å². The van der Waals surface area contributed by atoms with E-state index in [1.165, 1.54) is 70.9 Å². The van der Waals surface area contributed by atoms with Gasteiger partial charge in [-0.2, -0.15) is 0 Å². The van der Waals surface area contributed by atoms with Gasteiger partial charge in [-0.05, 0) is 68.9 Å². The van der Waals surface area contributed by atoms with Crippen LogP contribution in [0.3, 0.4) is 0 Å². The van der Waals surface area contributed by atoms with Crippen LogP contribution in [0, 0.1) is 10.8 Å². The van der Waals surface area contributed by atoms with Gasteiger partial charge in [0.05, 0.1) is 0 Å². The molecule has 1 saturated heterocycles. The summed E-state index contributed by atoms with van der Waals surface area (Å²) in [6.07, 6.45) is 12.7. The molecule has 2 unspecified atom stereocenters. The normalized spacial score (nSPS) is 38.7. The summed E-state index contributed by atoms with van der Waals surface area (Å²) < 4.78 is 0. The van der Waals surface area contributed by atoms with Crippen LogP contribution < -0.4 is 5.73 Å². The maximum atomic E-state index is 6.43. The van der Waals surface area contributed by atoms with Crippen molar-refractivity contribution in [2.24, 2.45) is 16.6 Å². The zero-order chi connectivity index (χ0) is 13.5. The van der Waals surface area contributed by atoms with E-state index >= 15 is 0 Å². The second kappa shape index (κ2) is 5.04. The first-order chi connectivity index (χ1) is 9.00. The van der Waals surface area contributed by atoms with Crippen LogP contribution in [-0.4, -0.2) is 30.1 Å². The van der Waals surface area contributed by atoms with Gasteiger partial charge >= 0.3 is 0 Å². The predicted octanol–water partition coefficient (Wildman–Crippen LogP) is 3.55. The van der Waals surface area contributed by atoms with Gasteiger partial charge in [0.15, 0.2) is 0 Å². The molecule has 3 fully saturated rings. The maximum absolute atomic E-state index is 6.43. The van der Waals surface area contributed by atoms with Crippen molar-refractivity contribution in [3.63, 3.8) is 0 Å². The molecule has 2 atom stereocenters. The van der Waals surface area contributed by atoms with Crippen LogP contribution in [0.15, 0.2) is 0 Å². The molecule has 1 aliphatic heterocycles. The Kier molecular flexibility index (Phi) is 3.68. The number of nitrogens with two attached hydrogens (primary N) is 1. The Bertz CT molecular complexity index is 307. The molecule has 3 rings (SSSR count). The van der Waals surface area contributed by atoms with Crippen molar-refractivity contribution in [3.05, 3.63) is 0 Å². The van der Waals surface area contributed by atoms with Crippen LogP contribution in [0.1, 0.15) is 71.6 Å². The third-order valence-electron chi connectivity index (χ3n) is 6.40. The van der Waals surface area contributed by atoms with Crippen molar-refractivity contribution in [2.45, 2.75) is 83.7 Å². The van der Waals surface area contributed by atoms with Crippen molar-refractivity contribution in [1.29, 1.82) is 0 Å². The second-order valence-corrected chi connectivity index (χ2v) is 8.38. The molecule has 0 bridgehead atoms. The summed E-state index contributed by atoms with van der Waals surface area (Å²) in [5.41, 5.74) is 7.68. The van der Waals surface area contributed by atoms with Crippen molar-refractivity contribution in [1.82, 2.24) is 4.90 Å². The van der Waals surface area contributed by atoms with E-state index < -0.39 is 0 Å². The molecule has 110 valence electrons. The number of rotatable bonds is 1. The highest BCUT2D eigenvalue weighted by molar-refractivity contribution is 4.97. The molecule has 0 aromatic rings. The van der Waals surface area contributed by atoms with E-state index in [4.69, 9.17) is 5.73 Å². The number of nitrogens with zero attached hydrogens (tertiary/aromatic N) is 1. The minimum atomic E-state index is 0.422. The molecular weight excluding hydrogens is 232 g/mol. The third kappa shape index (κ3) is 2.85. The van der Waals surface area contributed by atoms with Gasteiger partial charge in [-0.1, -0.05) is 26.7 Å². The third-order valence-corrected chi connectivity index (χ3v) is 6.40. The Morgan fingerprint density at radius 2 is 1.58 bits per heavy atom. The lowest BCUT2D eigenvalue weighted by Gasteiger charge is -2.49. The zero-order valence-electron chi connectivity index (χ0n) is 13.0. The van der Waals surface area contributed by atoms with E-state index in [0.29, 0.717) is 17.5 Å². The number of hydrogen-bond donors (Lipinski definition) is 1. The number of piperidine rings is 1. The molecule has 0 aromatic heterocycles. The minimum absolute atomic E-state index is 0.422. The van der Waals surface area contributed by atoms with Gasteiger partial charge in [0.2, 0.25) is 0 Å². The highest BCUT2D eigenvalue weighted by Gasteiger charge is 2.41. The van der Waals surface area contributed by atoms with E-state index in [-0.39, 0.29) is 0 Å². The fourth-order valence-electron chi connectivity index (χ4n) is 4.92. The Hall–Kier alpha value is -0.0800. The molecule has 0 amide bonds. The van der Waals surface area contributed by atoms with Crippen LogP contribution >= 0.6 is 0 Å². The van der Waals surface area contributed by atoms with Crippen LogP contribution in [0.4, 0.5) is 0 Å². The molecular formula is C17H32N2. The average molecular weight is 264 g/mol. The van der Waals surface area contributed by atoms with Crippen LogP contribution in [0.5, 0.6) is 0 Å². The van der Waals surface area contributed by atoms with Gasteiger partial charge in [0, 0.05) is 12.1 Å². The van der Waals surface area contributed by atoms with Gasteiger partial charge in [-0.15, -0.1) is 0 Å². The van der Waals surface area contributed by atoms with Crippen LogP contribution in [0.25, 0.3) is 0 Å². The summed E-state index contributed by atoms with van der Waals surface area (Å²) >= 11 is 0. The lowest BCUT2D eigenvalue weighted by atomic mass is 9.71. The average Bonchev–Trinajstić information content (AvgIpc) is 2.82. The van der Waals surface area contributed by atoms with E-state index in [0.717, 1.165) is 5.41 Å². The Labute approximate surface area is 119 Å². The Balaban J connectivity index is 1.61. The molecule has 2 N–H and O–H groups in total. The van der Waals surface area contributed by atoms with Crippen molar-refractivity contribution >= 4 is 0 Å². The van der Waals surface area contributed by atoms with Gasteiger partial charge in [0.25, 0.3) is 0 Å². The Morgan fingerprint density at radius 1 is 0.947 bits per heavy atom. The summed E-state index contributed by atoms with van der Waals surface area (Å²) in [6, 6.07) is 1.08. The van der Waals surface area contributed by atoms with Crippen LogP contribution in [0.2, 0.25) is 0 Å². The van der Waals surface area contributed by atoms with Gasteiger partial charge < -0.3 is 5.73 Å². The molecule has 2 heteroatoms. The first-order valence-electron chi connectivity index (χ1n) is 8.50. The molecule has 1 heterocycles. The zero-order valence-corrected chi connectivity index (χ0v) is 13.0. The minimum Gasteiger partial charge on any atom is -0.326 e. The maximum Gasteiger partial charge on any atom is 0.0252 e.